The Bertz CT molecular complexity index is 1750. The number of thioether (sulfide) groups is 1. The summed E-state index contributed by atoms with van der Waals surface area (Å²) in [5.74, 6) is -0.456. The Morgan fingerprint density at radius 3 is 2.32 bits per heavy atom. The van der Waals surface area contributed by atoms with Gasteiger partial charge in [0.25, 0.3) is 0 Å². The van der Waals surface area contributed by atoms with Crippen LogP contribution in [0, 0.1) is 0 Å². The second kappa shape index (κ2) is 18.5. The normalized spacial score (nSPS) is 17.2. The van der Waals surface area contributed by atoms with E-state index in [1.807, 2.05) is 72.8 Å². The number of nitrogens with one attached hydrogen (secondary N) is 2. The number of hydrogen-bond acceptors (Lipinski definition) is 7. The Kier molecular flexibility index (Phi) is 13.6. The zero-order valence-electron chi connectivity index (χ0n) is 28.2. The smallest absolute Gasteiger partial charge is 0.336 e. The lowest BCUT2D eigenvalue weighted by Crippen LogP contribution is -2.31. The molecule has 0 saturated carbocycles. The number of aliphatic hydroxyl groups excluding tert-OH is 1. The Morgan fingerprint density at radius 2 is 1.56 bits per heavy atom. The molecule has 0 aliphatic carbocycles. The third-order valence-corrected chi connectivity index (χ3v) is 9.73. The van der Waals surface area contributed by atoms with E-state index in [9.17, 15) is 24.6 Å². The summed E-state index contributed by atoms with van der Waals surface area (Å²) in [5, 5.41) is 25.0. The van der Waals surface area contributed by atoms with E-state index in [2.05, 4.69) is 22.8 Å². The Morgan fingerprint density at radius 1 is 0.800 bits per heavy atom. The maximum atomic E-state index is 12.4. The molecule has 4 N–H and O–H groups in total. The summed E-state index contributed by atoms with van der Waals surface area (Å²) < 4.78 is 13.1. The zero-order valence-corrected chi connectivity index (χ0v) is 29.0. The van der Waals surface area contributed by atoms with Crippen LogP contribution >= 0.6 is 11.8 Å². The first kappa shape index (κ1) is 36.8. The minimum Gasteiger partial charge on any atom is -0.478 e. The van der Waals surface area contributed by atoms with Crippen molar-refractivity contribution in [3.63, 3.8) is 0 Å². The molecule has 2 amide bonds. The predicted octanol–water partition coefficient (Wildman–Crippen LogP) is 7.19. The third-order valence-electron chi connectivity index (χ3n) is 8.52. The minimum absolute atomic E-state index is 0.00300. The lowest BCUT2D eigenvalue weighted by atomic mass is 9.99. The van der Waals surface area contributed by atoms with Crippen molar-refractivity contribution in [2.24, 2.45) is 0 Å². The van der Waals surface area contributed by atoms with Crippen LogP contribution in [0.15, 0.2) is 102 Å². The quantitative estimate of drug-likeness (QED) is 0.0715. The van der Waals surface area contributed by atoms with Gasteiger partial charge in [-0.05, 0) is 64.9 Å². The summed E-state index contributed by atoms with van der Waals surface area (Å²) in [6, 6.07) is 30.8. The fourth-order valence-corrected chi connectivity index (χ4v) is 6.91. The largest absolute Gasteiger partial charge is 0.478 e. The Hall–Kier alpha value is -4.48. The Balaban J connectivity index is 1.26. The molecule has 50 heavy (non-hydrogen) atoms. The molecular weight excluding hydrogens is 653 g/mol. The number of carboxylic acid groups (broad SMARTS) is 1. The van der Waals surface area contributed by atoms with Crippen molar-refractivity contribution in [2.75, 3.05) is 12.3 Å². The van der Waals surface area contributed by atoms with Crippen molar-refractivity contribution in [1.29, 1.82) is 0 Å². The molecule has 1 heterocycles. The van der Waals surface area contributed by atoms with E-state index in [-0.39, 0.29) is 36.2 Å². The summed E-state index contributed by atoms with van der Waals surface area (Å²) in [5.41, 5.74) is 5.90. The summed E-state index contributed by atoms with van der Waals surface area (Å²) in [7, 11) is 0. The van der Waals surface area contributed by atoms with Crippen molar-refractivity contribution in [3.05, 3.63) is 125 Å². The summed E-state index contributed by atoms with van der Waals surface area (Å²) in [4.78, 5) is 35.9. The van der Waals surface area contributed by atoms with Crippen molar-refractivity contribution in [3.8, 4) is 11.1 Å². The Labute approximate surface area is 297 Å². The molecule has 10 heteroatoms. The van der Waals surface area contributed by atoms with E-state index in [1.54, 1.807) is 12.1 Å². The molecule has 4 aromatic rings. The maximum absolute atomic E-state index is 12.4. The zero-order chi connectivity index (χ0) is 35.3. The molecule has 0 radical (unpaired) electrons. The van der Waals surface area contributed by atoms with Crippen LogP contribution in [0.3, 0.4) is 0 Å². The van der Waals surface area contributed by atoms with E-state index >= 15 is 0 Å². The van der Waals surface area contributed by atoms with Crippen molar-refractivity contribution < 1.29 is 34.1 Å². The van der Waals surface area contributed by atoms with Gasteiger partial charge in [0.05, 0.1) is 24.4 Å². The molecule has 1 aliphatic rings. The fraction of sp³-hybridized carbons (Fsp3) is 0.325. The molecule has 5 rings (SSSR count). The van der Waals surface area contributed by atoms with Gasteiger partial charge in [-0.25, -0.2) is 4.79 Å². The summed E-state index contributed by atoms with van der Waals surface area (Å²) in [6.07, 6.45) is 2.38. The third kappa shape index (κ3) is 10.8. The number of ether oxygens (including phenoxy) is 2. The van der Waals surface area contributed by atoms with E-state index in [0.29, 0.717) is 36.6 Å². The number of hydrogen-bond donors (Lipinski definition) is 4. The average molecular weight is 697 g/mol. The number of rotatable bonds is 16. The van der Waals surface area contributed by atoms with Gasteiger partial charge in [-0.2, -0.15) is 0 Å². The summed E-state index contributed by atoms with van der Waals surface area (Å²) in [6.45, 7) is 2.52. The van der Waals surface area contributed by atoms with Crippen LogP contribution in [0.4, 0.5) is 0 Å². The molecule has 1 aliphatic heterocycles. The minimum atomic E-state index is -0.962. The second-order valence-electron chi connectivity index (χ2n) is 12.4. The number of carboxylic acids is 1. The lowest BCUT2D eigenvalue weighted by molar-refractivity contribution is -0.245. The molecule has 0 bridgehead atoms. The predicted molar refractivity (Wildman–Crippen MR) is 193 cm³/mol. The van der Waals surface area contributed by atoms with Gasteiger partial charge in [-0.15, -0.1) is 11.8 Å². The first-order chi connectivity index (χ1) is 24.3. The molecule has 0 unspecified atom stereocenters. The van der Waals surface area contributed by atoms with Gasteiger partial charge in [-0.3, -0.25) is 9.59 Å². The van der Waals surface area contributed by atoms with Crippen LogP contribution in [0.1, 0.15) is 84.0 Å². The van der Waals surface area contributed by atoms with Crippen molar-refractivity contribution in [1.82, 2.24) is 10.6 Å². The SMILES string of the molecule is CC(=O)NCCCCCC(=O)NCc1cccc(-c2cccc([C@H]3O[C@@H](CSc4ccccc4C(=O)O)C[C@@H](c4ccc(CO)cc4)O3)c2)c1. The van der Waals surface area contributed by atoms with Crippen LogP contribution in [0.25, 0.3) is 11.1 Å². The maximum Gasteiger partial charge on any atom is 0.336 e. The van der Waals surface area contributed by atoms with E-state index in [0.717, 1.165) is 52.6 Å². The van der Waals surface area contributed by atoms with Gasteiger partial charge in [0.15, 0.2) is 6.29 Å². The average Bonchev–Trinajstić information content (AvgIpc) is 3.14. The standard InChI is InChI=1S/C40H44N2O7S/c1-27(44)41-20-6-2-3-15-38(45)42-24-29-9-7-10-31(21-29)32-11-8-12-33(22-32)40-48-34(26-50-37-14-5-4-13-35(37)39(46)47)23-36(49-40)30-18-16-28(25-43)17-19-30/h4-5,7-14,16-19,21-22,34,36,40,43H,2-3,6,15,20,23-26H2,1H3,(H,41,44)(H,42,45)(H,46,47)/t34-,36+,40+/m1/s1. The van der Waals surface area contributed by atoms with Crippen LogP contribution in [-0.4, -0.2) is 46.4 Å². The summed E-state index contributed by atoms with van der Waals surface area (Å²) >= 11 is 1.46. The molecule has 9 nitrogen and oxygen atoms in total. The number of unbranched alkanes of at least 4 members (excludes halogenated alkanes) is 2. The molecule has 0 aromatic heterocycles. The highest BCUT2D eigenvalue weighted by Crippen LogP contribution is 2.40. The molecule has 1 fully saturated rings. The molecule has 3 atom stereocenters. The molecule has 0 spiro atoms. The van der Waals surface area contributed by atoms with E-state index in [4.69, 9.17) is 9.47 Å². The van der Waals surface area contributed by atoms with Crippen molar-refractivity contribution >= 4 is 29.5 Å². The van der Waals surface area contributed by atoms with Crippen molar-refractivity contribution in [2.45, 2.75) is 75.6 Å². The van der Waals surface area contributed by atoms with Gasteiger partial charge < -0.3 is 30.3 Å². The topological polar surface area (TPSA) is 134 Å². The van der Waals surface area contributed by atoms with E-state index in [1.165, 1.54) is 18.7 Å². The van der Waals surface area contributed by atoms with Gasteiger partial charge in [0.2, 0.25) is 11.8 Å². The highest BCUT2D eigenvalue weighted by Gasteiger charge is 2.32. The first-order valence-electron chi connectivity index (χ1n) is 16.9. The highest BCUT2D eigenvalue weighted by atomic mass is 32.2. The molecular formula is C40H44N2O7S. The number of benzene rings is 4. The number of carbonyl (C=O) groups is 3. The van der Waals surface area contributed by atoms with Gasteiger partial charge in [0.1, 0.15) is 0 Å². The van der Waals surface area contributed by atoms with Crippen LogP contribution in [0.2, 0.25) is 0 Å². The number of carbonyl (C=O) groups excluding carboxylic acids is 2. The number of amides is 2. The lowest BCUT2D eigenvalue weighted by Gasteiger charge is -2.36. The van der Waals surface area contributed by atoms with Crippen LogP contribution in [0.5, 0.6) is 0 Å². The highest BCUT2D eigenvalue weighted by molar-refractivity contribution is 7.99. The molecule has 1 saturated heterocycles. The van der Waals surface area contributed by atoms with Gasteiger partial charge >= 0.3 is 5.97 Å². The van der Waals surface area contributed by atoms with Gasteiger partial charge in [0, 0.05) is 49.1 Å². The monoisotopic (exact) mass is 696 g/mol. The number of aliphatic hydroxyl groups is 1. The molecule has 262 valence electrons. The van der Waals surface area contributed by atoms with Gasteiger partial charge in [-0.1, -0.05) is 79.2 Å². The fourth-order valence-electron chi connectivity index (χ4n) is 5.84. The second-order valence-corrected chi connectivity index (χ2v) is 13.4. The van der Waals surface area contributed by atoms with E-state index < -0.39 is 12.3 Å². The molecule has 4 aromatic carbocycles. The number of aromatic carboxylic acids is 1. The first-order valence-corrected chi connectivity index (χ1v) is 17.9. The van der Waals surface area contributed by atoms with Crippen LogP contribution < -0.4 is 10.6 Å². The van der Waals surface area contributed by atoms with Crippen LogP contribution in [-0.2, 0) is 32.2 Å².